The zero-order valence-electron chi connectivity index (χ0n) is 19.8. The predicted molar refractivity (Wildman–Crippen MR) is 143 cm³/mol. The number of hydrogen-bond acceptors (Lipinski definition) is 7. The van der Waals surface area contributed by atoms with E-state index in [2.05, 4.69) is 0 Å². The second-order valence-electron chi connectivity index (χ2n) is 7.80. The van der Waals surface area contributed by atoms with E-state index < -0.39 is 11.4 Å². The van der Waals surface area contributed by atoms with Crippen LogP contribution in [0.2, 0.25) is 15.1 Å². The summed E-state index contributed by atoms with van der Waals surface area (Å²) in [5, 5.41) is 1.37. The molecule has 0 N–H and O–H groups in total. The molecule has 0 saturated heterocycles. The highest BCUT2D eigenvalue weighted by atomic mass is 35.5. The Bertz CT molecular complexity index is 1510. The molecule has 1 aromatic heterocycles. The highest BCUT2D eigenvalue weighted by molar-refractivity contribution is 6.35. The van der Waals surface area contributed by atoms with Gasteiger partial charge in [0.25, 0.3) is 0 Å². The molecule has 0 bridgehead atoms. The van der Waals surface area contributed by atoms with Crippen LogP contribution in [-0.2, 0) is 4.79 Å². The molecule has 0 radical (unpaired) electrons. The largest absolute Gasteiger partial charge is 0.493 e. The highest BCUT2D eigenvalue weighted by Crippen LogP contribution is 2.37. The van der Waals surface area contributed by atoms with E-state index in [0.717, 1.165) is 0 Å². The van der Waals surface area contributed by atoms with Crippen molar-refractivity contribution >= 4 is 51.7 Å². The van der Waals surface area contributed by atoms with Gasteiger partial charge in [-0.15, -0.1) is 0 Å². The molecule has 0 saturated carbocycles. The Labute approximate surface area is 227 Å². The molecule has 37 heavy (non-hydrogen) atoms. The fourth-order valence-electron chi connectivity index (χ4n) is 3.57. The van der Waals surface area contributed by atoms with Crippen molar-refractivity contribution in [2.24, 2.45) is 0 Å². The average molecular weight is 564 g/mol. The second kappa shape index (κ2) is 11.8. The van der Waals surface area contributed by atoms with Crippen molar-refractivity contribution in [2.45, 2.75) is 12.8 Å². The molecule has 192 valence electrons. The Morgan fingerprint density at radius 2 is 1.57 bits per heavy atom. The Morgan fingerprint density at radius 3 is 2.30 bits per heavy atom. The van der Waals surface area contributed by atoms with Crippen molar-refractivity contribution in [2.75, 3.05) is 20.8 Å². The van der Waals surface area contributed by atoms with Gasteiger partial charge in [0.15, 0.2) is 17.3 Å². The molecule has 0 spiro atoms. The number of esters is 1. The summed E-state index contributed by atoms with van der Waals surface area (Å²) in [4.78, 5) is 26.1. The van der Waals surface area contributed by atoms with Crippen molar-refractivity contribution in [1.29, 1.82) is 0 Å². The van der Waals surface area contributed by atoms with Gasteiger partial charge in [-0.2, -0.15) is 0 Å². The molecule has 4 rings (SSSR count). The molecule has 0 aliphatic carbocycles. The molecule has 0 fully saturated rings. The number of rotatable bonds is 9. The van der Waals surface area contributed by atoms with Crippen molar-refractivity contribution < 1.29 is 28.2 Å². The van der Waals surface area contributed by atoms with Crippen LogP contribution in [0.5, 0.6) is 23.0 Å². The maximum absolute atomic E-state index is 13.4. The SMILES string of the molecule is COc1ccc(-c2oc3ccc(Cl)cc3c(=O)c2OC(=O)CCCOc2ccc(Cl)cc2Cl)cc1OC. The number of halogens is 3. The fourth-order valence-corrected chi connectivity index (χ4v) is 4.20. The lowest BCUT2D eigenvalue weighted by molar-refractivity contribution is -0.134. The molecule has 0 atom stereocenters. The van der Waals surface area contributed by atoms with E-state index in [4.69, 9.17) is 58.2 Å². The molecule has 0 aliphatic heterocycles. The van der Waals surface area contributed by atoms with Crippen LogP contribution < -0.4 is 24.4 Å². The standard InChI is InChI=1S/C27H21Cl3O7/c1-33-22-8-5-15(12-23(22)34-2)26-27(25(32)18-13-16(28)6-9-20(18)36-26)37-24(31)4-3-11-35-21-10-7-17(29)14-19(21)30/h5-10,12-14H,3-4,11H2,1-2H3. The number of carbonyl (C=O) groups is 1. The van der Waals surface area contributed by atoms with E-state index in [1.807, 2.05) is 0 Å². The van der Waals surface area contributed by atoms with Gasteiger partial charge in [-0.05, 0) is 61.0 Å². The molecule has 1 heterocycles. The average Bonchev–Trinajstić information content (AvgIpc) is 2.89. The van der Waals surface area contributed by atoms with Crippen LogP contribution in [-0.4, -0.2) is 26.8 Å². The summed E-state index contributed by atoms with van der Waals surface area (Å²) in [7, 11) is 3.00. The first-order valence-corrected chi connectivity index (χ1v) is 12.2. The van der Waals surface area contributed by atoms with Gasteiger partial charge >= 0.3 is 5.97 Å². The Morgan fingerprint density at radius 1 is 0.865 bits per heavy atom. The molecule has 7 nitrogen and oxygen atoms in total. The van der Waals surface area contributed by atoms with Crippen LogP contribution in [0.3, 0.4) is 0 Å². The smallest absolute Gasteiger partial charge is 0.311 e. The number of ether oxygens (including phenoxy) is 4. The molecule has 4 aromatic rings. The van der Waals surface area contributed by atoms with Crippen molar-refractivity contribution in [1.82, 2.24) is 0 Å². The van der Waals surface area contributed by atoms with Crippen LogP contribution in [0, 0.1) is 0 Å². The molecular weight excluding hydrogens is 543 g/mol. The molecular formula is C27H21Cl3O7. The fraction of sp³-hybridized carbons (Fsp3) is 0.185. The quantitative estimate of drug-likeness (QED) is 0.157. The van der Waals surface area contributed by atoms with Gasteiger partial charge in [0.05, 0.1) is 31.2 Å². The number of hydrogen-bond donors (Lipinski definition) is 0. The van der Waals surface area contributed by atoms with E-state index >= 15 is 0 Å². The molecule has 10 heteroatoms. The maximum atomic E-state index is 13.4. The highest BCUT2D eigenvalue weighted by Gasteiger charge is 2.22. The summed E-state index contributed by atoms with van der Waals surface area (Å²) in [6.07, 6.45) is 0.290. The van der Waals surface area contributed by atoms with Crippen molar-refractivity contribution in [3.05, 3.63) is 79.9 Å². The summed E-state index contributed by atoms with van der Waals surface area (Å²) in [6.45, 7) is 0.195. The Hall–Kier alpha value is -3.39. The summed E-state index contributed by atoms with van der Waals surface area (Å²) in [5.41, 5.74) is 0.202. The van der Waals surface area contributed by atoms with Gasteiger partial charge in [0, 0.05) is 22.0 Å². The number of methoxy groups -OCH3 is 2. The first-order valence-electron chi connectivity index (χ1n) is 11.1. The molecule has 0 unspecified atom stereocenters. The van der Waals surface area contributed by atoms with E-state index in [1.165, 1.54) is 20.3 Å². The normalized spacial score (nSPS) is 10.8. The van der Waals surface area contributed by atoms with Crippen molar-refractivity contribution in [3.8, 4) is 34.3 Å². The molecule has 3 aromatic carbocycles. The third-order valence-corrected chi connectivity index (χ3v) is 6.11. The lowest BCUT2D eigenvalue weighted by Crippen LogP contribution is -2.16. The van der Waals surface area contributed by atoms with Gasteiger partial charge in [0.2, 0.25) is 11.2 Å². The van der Waals surface area contributed by atoms with E-state index in [-0.39, 0.29) is 35.5 Å². The van der Waals surface area contributed by atoms with E-state index in [1.54, 1.807) is 48.5 Å². The minimum absolute atomic E-state index is 0.0242. The predicted octanol–water partition coefficient (Wildman–Crippen LogP) is 7.20. The lowest BCUT2D eigenvalue weighted by Gasteiger charge is -2.13. The number of carbonyl (C=O) groups excluding carboxylic acids is 1. The minimum Gasteiger partial charge on any atom is -0.493 e. The van der Waals surface area contributed by atoms with Crippen LogP contribution in [0.25, 0.3) is 22.3 Å². The summed E-state index contributed by atoms with van der Waals surface area (Å²) in [5.74, 6) is 0.519. The van der Waals surface area contributed by atoms with Crippen LogP contribution in [0.4, 0.5) is 0 Å². The second-order valence-corrected chi connectivity index (χ2v) is 9.08. The summed E-state index contributed by atoms with van der Waals surface area (Å²) >= 11 is 18.1. The number of fused-ring (bicyclic) bond motifs is 1. The zero-order valence-corrected chi connectivity index (χ0v) is 22.1. The zero-order chi connectivity index (χ0) is 26.5. The first kappa shape index (κ1) is 26.7. The Kier molecular flexibility index (Phi) is 8.48. The summed E-state index contributed by atoms with van der Waals surface area (Å²) in [6, 6.07) is 14.4. The van der Waals surface area contributed by atoms with E-state index in [9.17, 15) is 9.59 Å². The van der Waals surface area contributed by atoms with Crippen LogP contribution >= 0.6 is 34.8 Å². The maximum Gasteiger partial charge on any atom is 0.311 e. The van der Waals surface area contributed by atoms with Gasteiger partial charge in [0.1, 0.15) is 11.3 Å². The van der Waals surface area contributed by atoms with Gasteiger partial charge in [-0.3, -0.25) is 9.59 Å². The number of benzene rings is 3. The topological polar surface area (TPSA) is 84.2 Å². The third-order valence-electron chi connectivity index (χ3n) is 5.35. The van der Waals surface area contributed by atoms with E-state index in [0.29, 0.717) is 44.3 Å². The molecule has 0 amide bonds. The van der Waals surface area contributed by atoms with Gasteiger partial charge in [-0.1, -0.05) is 34.8 Å². The monoisotopic (exact) mass is 562 g/mol. The van der Waals surface area contributed by atoms with Crippen LogP contribution in [0.1, 0.15) is 12.8 Å². The lowest BCUT2D eigenvalue weighted by atomic mass is 10.1. The minimum atomic E-state index is -0.638. The Balaban J connectivity index is 1.59. The first-order chi connectivity index (χ1) is 17.8. The van der Waals surface area contributed by atoms with Gasteiger partial charge in [-0.25, -0.2) is 0 Å². The van der Waals surface area contributed by atoms with Crippen molar-refractivity contribution in [3.63, 3.8) is 0 Å². The van der Waals surface area contributed by atoms with Crippen LogP contribution in [0.15, 0.2) is 63.8 Å². The molecule has 0 aliphatic rings. The summed E-state index contributed by atoms with van der Waals surface area (Å²) < 4.78 is 27.8. The van der Waals surface area contributed by atoms with Gasteiger partial charge < -0.3 is 23.4 Å². The third kappa shape index (κ3) is 6.13.